The van der Waals surface area contributed by atoms with Crippen LogP contribution in [-0.2, 0) is 6.18 Å². The summed E-state index contributed by atoms with van der Waals surface area (Å²) in [5.74, 6) is -0.510. The standard InChI is InChI=1S/C13H9BrF4N2/c1-7-4-12(19-6-9(7)14)20-11-5-8(13(16,17)18)2-3-10(11)15/h2-6H,1H3,(H,19,20). The first kappa shape index (κ1) is 14.8. The van der Waals surface area contributed by atoms with E-state index in [0.29, 0.717) is 12.1 Å². The molecule has 0 saturated heterocycles. The molecule has 0 aliphatic heterocycles. The Kier molecular flexibility index (Phi) is 3.99. The van der Waals surface area contributed by atoms with Gasteiger partial charge in [-0.15, -0.1) is 0 Å². The molecule has 7 heteroatoms. The van der Waals surface area contributed by atoms with E-state index in [1.54, 1.807) is 13.0 Å². The highest BCUT2D eigenvalue weighted by atomic mass is 79.9. The maximum Gasteiger partial charge on any atom is 0.416 e. The summed E-state index contributed by atoms with van der Waals surface area (Å²) in [5.41, 5.74) is -0.362. The Labute approximate surface area is 121 Å². The van der Waals surface area contributed by atoms with Crippen LogP contribution in [0.4, 0.5) is 29.1 Å². The molecule has 1 N–H and O–H groups in total. The molecular formula is C13H9BrF4N2. The first-order valence-electron chi connectivity index (χ1n) is 5.53. The average Bonchev–Trinajstić information content (AvgIpc) is 2.35. The SMILES string of the molecule is Cc1cc(Nc2cc(C(F)(F)F)ccc2F)ncc1Br. The Morgan fingerprint density at radius 2 is 1.90 bits per heavy atom. The molecule has 2 rings (SSSR count). The van der Waals surface area contributed by atoms with Crippen molar-refractivity contribution in [3.63, 3.8) is 0 Å². The highest BCUT2D eigenvalue weighted by Gasteiger charge is 2.31. The zero-order chi connectivity index (χ0) is 14.9. The Balaban J connectivity index is 2.35. The summed E-state index contributed by atoms with van der Waals surface area (Å²) < 4.78 is 52.1. The number of rotatable bonds is 2. The van der Waals surface area contributed by atoms with Gasteiger partial charge in [-0.05, 0) is 52.7 Å². The van der Waals surface area contributed by atoms with Crippen LogP contribution in [0.2, 0.25) is 0 Å². The molecule has 0 unspecified atom stereocenters. The van der Waals surface area contributed by atoms with Gasteiger partial charge in [0.25, 0.3) is 0 Å². The van der Waals surface area contributed by atoms with Gasteiger partial charge in [-0.2, -0.15) is 13.2 Å². The van der Waals surface area contributed by atoms with Gasteiger partial charge in [0.2, 0.25) is 0 Å². The lowest BCUT2D eigenvalue weighted by Gasteiger charge is -2.11. The second kappa shape index (κ2) is 5.40. The third-order valence-electron chi connectivity index (χ3n) is 2.60. The molecule has 20 heavy (non-hydrogen) atoms. The Bertz CT molecular complexity index is 641. The number of aromatic nitrogens is 1. The molecule has 106 valence electrons. The molecule has 2 nitrogen and oxygen atoms in total. The van der Waals surface area contributed by atoms with E-state index in [1.165, 1.54) is 6.20 Å². The number of aryl methyl sites for hydroxylation is 1. The van der Waals surface area contributed by atoms with E-state index in [2.05, 4.69) is 26.2 Å². The first-order chi connectivity index (χ1) is 9.27. The van der Waals surface area contributed by atoms with Crippen LogP contribution in [0.5, 0.6) is 0 Å². The molecule has 1 heterocycles. The first-order valence-corrected chi connectivity index (χ1v) is 6.32. The summed E-state index contributed by atoms with van der Waals surface area (Å²) >= 11 is 3.25. The van der Waals surface area contributed by atoms with Crippen molar-refractivity contribution in [1.82, 2.24) is 4.98 Å². The molecule has 0 fully saturated rings. The van der Waals surface area contributed by atoms with Crippen LogP contribution in [-0.4, -0.2) is 4.98 Å². The van der Waals surface area contributed by atoms with Gasteiger partial charge < -0.3 is 5.32 Å². The Hall–Kier alpha value is -1.63. The summed E-state index contributed by atoms with van der Waals surface area (Å²) in [5, 5.41) is 2.55. The number of nitrogens with one attached hydrogen (secondary N) is 1. The zero-order valence-corrected chi connectivity index (χ0v) is 11.8. The molecule has 0 aliphatic carbocycles. The van der Waals surface area contributed by atoms with Crippen molar-refractivity contribution < 1.29 is 17.6 Å². The summed E-state index contributed by atoms with van der Waals surface area (Å²) in [6.45, 7) is 1.79. The highest BCUT2D eigenvalue weighted by molar-refractivity contribution is 9.10. The maximum atomic E-state index is 13.6. The summed E-state index contributed by atoms with van der Waals surface area (Å²) in [6, 6.07) is 3.79. The predicted octanol–water partition coefficient (Wildman–Crippen LogP) is 5.05. The molecule has 0 atom stereocenters. The van der Waals surface area contributed by atoms with Gasteiger partial charge in [0.1, 0.15) is 11.6 Å². The number of halogens is 5. The van der Waals surface area contributed by atoms with Crippen LogP contribution in [0.15, 0.2) is 34.9 Å². The van der Waals surface area contributed by atoms with E-state index in [9.17, 15) is 17.6 Å². The lowest BCUT2D eigenvalue weighted by Crippen LogP contribution is -2.06. The van der Waals surface area contributed by atoms with Crippen molar-refractivity contribution in [2.45, 2.75) is 13.1 Å². The summed E-state index contributed by atoms with van der Waals surface area (Å²) in [4.78, 5) is 3.96. The molecule has 0 spiro atoms. The van der Waals surface area contributed by atoms with Crippen molar-refractivity contribution in [3.05, 3.63) is 51.9 Å². The fourth-order valence-electron chi connectivity index (χ4n) is 1.54. The monoisotopic (exact) mass is 348 g/mol. The number of anilines is 2. The number of pyridine rings is 1. The highest BCUT2D eigenvalue weighted by Crippen LogP contribution is 2.32. The molecule has 0 amide bonds. The van der Waals surface area contributed by atoms with E-state index < -0.39 is 17.6 Å². The maximum absolute atomic E-state index is 13.6. The Morgan fingerprint density at radius 1 is 1.20 bits per heavy atom. The fraction of sp³-hybridized carbons (Fsp3) is 0.154. The number of benzene rings is 1. The van der Waals surface area contributed by atoms with Gasteiger partial charge in [0.05, 0.1) is 11.3 Å². The molecular weight excluding hydrogens is 340 g/mol. The van der Waals surface area contributed by atoms with Crippen molar-refractivity contribution in [3.8, 4) is 0 Å². The Morgan fingerprint density at radius 3 is 2.50 bits per heavy atom. The van der Waals surface area contributed by atoms with Crippen molar-refractivity contribution >= 4 is 27.4 Å². The van der Waals surface area contributed by atoms with Crippen LogP contribution in [0.1, 0.15) is 11.1 Å². The lowest BCUT2D eigenvalue weighted by molar-refractivity contribution is -0.137. The molecule has 0 saturated carbocycles. The molecule has 0 bridgehead atoms. The minimum absolute atomic E-state index is 0.268. The number of hydrogen-bond donors (Lipinski definition) is 1. The number of nitrogens with zero attached hydrogens (tertiary/aromatic N) is 1. The molecule has 1 aromatic carbocycles. The van der Waals surface area contributed by atoms with Gasteiger partial charge >= 0.3 is 6.18 Å². The predicted molar refractivity (Wildman–Crippen MR) is 71.4 cm³/mol. The number of alkyl halides is 3. The summed E-state index contributed by atoms with van der Waals surface area (Å²) in [7, 11) is 0. The topological polar surface area (TPSA) is 24.9 Å². The third-order valence-corrected chi connectivity index (χ3v) is 3.43. The second-order valence-electron chi connectivity index (χ2n) is 4.14. The smallest absolute Gasteiger partial charge is 0.338 e. The van der Waals surface area contributed by atoms with E-state index in [-0.39, 0.29) is 11.5 Å². The van der Waals surface area contributed by atoms with Crippen LogP contribution < -0.4 is 5.32 Å². The van der Waals surface area contributed by atoms with Crippen LogP contribution in [0.25, 0.3) is 0 Å². The molecule has 1 aromatic heterocycles. The van der Waals surface area contributed by atoms with Crippen LogP contribution in [0.3, 0.4) is 0 Å². The van der Waals surface area contributed by atoms with Gasteiger partial charge in [0, 0.05) is 10.7 Å². The minimum Gasteiger partial charge on any atom is -0.338 e. The van der Waals surface area contributed by atoms with E-state index in [0.717, 1.165) is 16.1 Å². The fourth-order valence-corrected chi connectivity index (χ4v) is 1.76. The molecule has 0 radical (unpaired) electrons. The molecule has 2 aromatic rings. The van der Waals surface area contributed by atoms with Gasteiger partial charge in [-0.1, -0.05) is 0 Å². The largest absolute Gasteiger partial charge is 0.416 e. The second-order valence-corrected chi connectivity index (χ2v) is 4.99. The zero-order valence-electron chi connectivity index (χ0n) is 10.2. The average molecular weight is 349 g/mol. The quantitative estimate of drug-likeness (QED) is 0.767. The van der Waals surface area contributed by atoms with Gasteiger partial charge in [-0.25, -0.2) is 9.37 Å². The number of hydrogen-bond acceptors (Lipinski definition) is 2. The van der Waals surface area contributed by atoms with Crippen molar-refractivity contribution in [1.29, 1.82) is 0 Å². The van der Waals surface area contributed by atoms with Crippen LogP contribution >= 0.6 is 15.9 Å². The summed E-state index contributed by atoms with van der Waals surface area (Å²) in [6.07, 6.45) is -3.03. The van der Waals surface area contributed by atoms with Crippen molar-refractivity contribution in [2.75, 3.05) is 5.32 Å². The molecule has 0 aliphatic rings. The van der Waals surface area contributed by atoms with Gasteiger partial charge in [0.15, 0.2) is 0 Å². The third kappa shape index (κ3) is 3.27. The van der Waals surface area contributed by atoms with Crippen molar-refractivity contribution in [2.24, 2.45) is 0 Å². The van der Waals surface area contributed by atoms with E-state index >= 15 is 0 Å². The van der Waals surface area contributed by atoms with E-state index in [1.807, 2.05) is 0 Å². The van der Waals surface area contributed by atoms with E-state index in [4.69, 9.17) is 0 Å². The normalized spacial score (nSPS) is 11.5. The van der Waals surface area contributed by atoms with Crippen LogP contribution in [0, 0.1) is 12.7 Å². The minimum atomic E-state index is -4.52. The van der Waals surface area contributed by atoms with Gasteiger partial charge in [-0.3, -0.25) is 0 Å². The lowest BCUT2D eigenvalue weighted by atomic mass is 10.2.